The van der Waals surface area contributed by atoms with E-state index in [0.29, 0.717) is 5.69 Å². The minimum Gasteiger partial charge on any atom is -0.340 e. The van der Waals surface area contributed by atoms with Crippen LogP contribution in [-0.4, -0.2) is 27.8 Å². The SMILES string of the molecule is C[C@H](CC(=O)N(C)Cc1cnccn1)c1ccccc1C(F)(F)F. The van der Waals surface area contributed by atoms with Crippen molar-refractivity contribution in [3.8, 4) is 0 Å². The van der Waals surface area contributed by atoms with Gasteiger partial charge in [0, 0.05) is 25.9 Å². The average molecular weight is 337 g/mol. The first-order chi connectivity index (χ1) is 11.3. The molecule has 0 radical (unpaired) electrons. The number of amides is 1. The minimum absolute atomic E-state index is 0.0101. The van der Waals surface area contributed by atoms with Gasteiger partial charge in [0.1, 0.15) is 0 Å². The minimum atomic E-state index is -4.43. The Morgan fingerprint density at radius 1 is 1.25 bits per heavy atom. The van der Waals surface area contributed by atoms with E-state index in [4.69, 9.17) is 0 Å². The standard InChI is InChI=1S/C17H18F3N3O/c1-12(14-5-3-4-6-15(14)17(18,19)20)9-16(24)23(2)11-13-10-21-7-8-22-13/h3-8,10,12H,9,11H2,1-2H3/t12-/m1/s1. The van der Waals surface area contributed by atoms with Crippen molar-refractivity contribution < 1.29 is 18.0 Å². The highest BCUT2D eigenvalue weighted by molar-refractivity contribution is 5.76. The number of benzene rings is 1. The monoisotopic (exact) mass is 337 g/mol. The molecule has 1 amide bonds. The van der Waals surface area contributed by atoms with E-state index in [9.17, 15) is 18.0 Å². The lowest BCUT2D eigenvalue weighted by Crippen LogP contribution is -2.28. The first kappa shape index (κ1) is 17.9. The van der Waals surface area contributed by atoms with Gasteiger partial charge in [0.15, 0.2) is 0 Å². The molecule has 0 aliphatic rings. The summed E-state index contributed by atoms with van der Waals surface area (Å²) in [6, 6.07) is 5.36. The van der Waals surface area contributed by atoms with Crippen LogP contribution < -0.4 is 0 Å². The highest BCUT2D eigenvalue weighted by Gasteiger charge is 2.34. The maximum Gasteiger partial charge on any atom is 0.416 e. The second-order valence-corrected chi connectivity index (χ2v) is 5.64. The quantitative estimate of drug-likeness (QED) is 0.837. The van der Waals surface area contributed by atoms with Crippen LogP contribution in [0.1, 0.15) is 36.1 Å². The molecule has 2 aromatic rings. The molecule has 0 saturated carbocycles. The maximum absolute atomic E-state index is 13.1. The van der Waals surface area contributed by atoms with E-state index in [-0.39, 0.29) is 24.4 Å². The second-order valence-electron chi connectivity index (χ2n) is 5.64. The van der Waals surface area contributed by atoms with Crippen LogP contribution >= 0.6 is 0 Å². The number of carbonyl (C=O) groups excluding carboxylic acids is 1. The normalized spacial score (nSPS) is 12.7. The predicted molar refractivity (Wildman–Crippen MR) is 83.0 cm³/mol. The lowest BCUT2D eigenvalue weighted by atomic mass is 9.92. The molecule has 0 aliphatic heterocycles. The molecule has 0 fully saturated rings. The Morgan fingerprint density at radius 3 is 2.58 bits per heavy atom. The Bertz CT molecular complexity index is 689. The lowest BCUT2D eigenvalue weighted by molar-refractivity contribution is -0.139. The fourth-order valence-electron chi connectivity index (χ4n) is 2.46. The maximum atomic E-state index is 13.1. The summed E-state index contributed by atoms with van der Waals surface area (Å²) in [7, 11) is 1.60. The molecule has 7 heteroatoms. The molecule has 0 bridgehead atoms. The van der Waals surface area contributed by atoms with E-state index in [1.54, 1.807) is 26.2 Å². The van der Waals surface area contributed by atoms with E-state index in [0.717, 1.165) is 6.07 Å². The largest absolute Gasteiger partial charge is 0.416 e. The van der Waals surface area contributed by atoms with Gasteiger partial charge in [-0.25, -0.2) is 0 Å². The van der Waals surface area contributed by atoms with E-state index < -0.39 is 17.7 Å². The van der Waals surface area contributed by atoms with Crippen molar-refractivity contribution in [2.45, 2.75) is 32.0 Å². The Balaban J connectivity index is 2.07. The zero-order valence-corrected chi connectivity index (χ0v) is 13.4. The zero-order valence-electron chi connectivity index (χ0n) is 13.4. The third-order valence-corrected chi connectivity index (χ3v) is 3.72. The van der Waals surface area contributed by atoms with Crippen LogP contribution in [0.2, 0.25) is 0 Å². The predicted octanol–water partition coefficient (Wildman–Crippen LogP) is 3.65. The Labute approximate surface area is 138 Å². The fraction of sp³-hybridized carbons (Fsp3) is 0.353. The first-order valence-electron chi connectivity index (χ1n) is 7.44. The van der Waals surface area contributed by atoms with Crippen LogP contribution in [0.4, 0.5) is 13.2 Å². The van der Waals surface area contributed by atoms with Crippen LogP contribution in [-0.2, 0) is 17.5 Å². The number of nitrogens with zero attached hydrogens (tertiary/aromatic N) is 3. The molecule has 1 aromatic carbocycles. The molecule has 0 N–H and O–H groups in total. The van der Waals surface area contributed by atoms with E-state index in [1.807, 2.05) is 0 Å². The molecule has 0 spiro atoms. The van der Waals surface area contributed by atoms with Gasteiger partial charge >= 0.3 is 6.18 Å². The second kappa shape index (κ2) is 7.42. The summed E-state index contributed by atoms with van der Waals surface area (Å²) in [5, 5.41) is 0. The van der Waals surface area contributed by atoms with E-state index in [1.165, 1.54) is 29.4 Å². The number of alkyl halides is 3. The highest BCUT2D eigenvalue weighted by atomic mass is 19.4. The molecule has 0 aliphatic carbocycles. The molecular weight excluding hydrogens is 319 g/mol. The summed E-state index contributed by atoms with van der Waals surface area (Å²) in [4.78, 5) is 21.7. The van der Waals surface area contributed by atoms with E-state index >= 15 is 0 Å². The molecular formula is C17H18F3N3O. The number of aromatic nitrogens is 2. The molecule has 1 atom stereocenters. The van der Waals surface area contributed by atoms with Gasteiger partial charge in [-0.1, -0.05) is 25.1 Å². The number of rotatable bonds is 5. The summed E-state index contributed by atoms with van der Waals surface area (Å²) in [6.45, 7) is 1.89. The number of hydrogen-bond acceptors (Lipinski definition) is 3. The van der Waals surface area contributed by atoms with Gasteiger partial charge in [-0.2, -0.15) is 13.2 Å². The molecule has 24 heavy (non-hydrogen) atoms. The molecule has 0 saturated heterocycles. The number of hydrogen-bond donors (Lipinski definition) is 0. The smallest absolute Gasteiger partial charge is 0.340 e. The van der Waals surface area contributed by atoms with Crippen molar-refractivity contribution in [3.05, 3.63) is 59.7 Å². The molecule has 0 unspecified atom stereocenters. The lowest BCUT2D eigenvalue weighted by Gasteiger charge is -2.21. The van der Waals surface area contributed by atoms with Crippen LogP contribution in [0.5, 0.6) is 0 Å². The van der Waals surface area contributed by atoms with Crippen molar-refractivity contribution in [1.29, 1.82) is 0 Å². The Morgan fingerprint density at radius 2 is 1.96 bits per heavy atom. The summed E-state index contributed by atoms with van der Waals surface area (Å²) in [6.07, 6.45) is 0.159. The fourth-order valence-corrected chi connectivity index (χ4v) is 2.46. The number of carbonyl (C=O) groups is 1. The van der Waals surface area contributed by atoms with Crippen molar-refractivity contribution in [1.82, 2.24) is 14.9 Å². The topological polar surface area (TPSA) is 46.1 Å². The van der Waals surface area contributed by atoms with Gasteiger partial charge in [0.2, 0.25) is 5.91 Å². The van der Waals surface area contributed by atoms with Crippen molar-refractivity contribution in [2.24, 2.45) is 0 Å². The van der Waals surface area contributed by atoms with Crippen LogP contribution in [0.25, 0.3) is 0 Å². The van der Waals surface area contributed by atoms with Crippen molar-refractivity contribution in [3.63, 3.8) is 0 Å². The van der Waals surface area contributed by atoms with Crippen molar-refractivity contribution >= 4 is 5.91 Å². The summed E-state index contributed by atoms with van der Waals surface area (Å²) >= 11 is 0. The zero-order chi connectivity index (χ0) is 17.7. The van der Waals surface area contributed by atoms with Crippen LogP contribution in [0.3, 0.4) is 0 Å². The molecule has 4 nitrogen and oxygen atoms in total. The molecule has 1 heterocycles. The Kier molecular flexibility index (Phi) is 5.54. The van der Waals surface area contributed by atoms with Gasteiger partial charge in [0.25, 0.3) is 0 Å². The third-order valence-electron chi connectivity index (χ3n) is 3.72. The molecule has 1 aromatic heterocycles. The van der Waals surface area contributed by atoms with Gasteiger partial charge in [0.05, 0.1) is 24.0 Å². The number of halogens is 3. The molecule has 128 valence electrons. The van der Waals surface area contributed by atoms with Gasteiger partial charge < -0.3 is 4.90 Å². The van der Waals surface area contributed by atoms with E-state index in [2.05, 4.69) is 9.97 Å². The first-order valence-corrected chi connectivity index (χ1v) is 7.44. The highest BCUT2D eigenvalue weighted by Crippen LogP contribution is 2.36. The van der Waals surface area contributed by atoms with Gasteiger partial charge in [-0.15, -0.1) is 0 Å². The summed E-state index contributed by atoms with van der Waals surface area (Å²) in [5.41, 5.74) is 0.0600. The summed E-state index contributed by atoms with van der Waals surface area (Å²) < 4.78 is 39.2. The summed E-state index contributed by atoms with van der Waals surface area (Å²) in [5.74, 6) is -0.787. The third kappa shape index (κ3) is 4.53. The Hall–Kier alpha value is -2.44. The molecule has 2 rings (SSSR count). The van der Waals surface area contributed by atoms with Gasteiger partial charge in [-0.3, -0.25) is 14.8 Å². The van der Waals surface area contributed by atoms with Crippen LogP contribution in [0.15, 0.2) is 42.9 Å². The van der Waals surface area contributed by atoms with Crippen LogP contribution in [0, 0.1) is 0 Å². The van der Waals surface area contributed by atoms with Crippen molar-refractivity contribution in [2.75, 3.05) is 7.05 Å². The van der Waals surface area contributed by atoms with Gasteiger partial charge in [-0.05, 0) is 17.5 Å². The average Bonchev–Trinajstić information content (AvgIpc) is 2.55.